The predicted molar refractivity (Wildman–Crippen MR) is 74.4 cm³/mol. The van der Waals surface area contributed by atoms with Gasteiger partial charge >= 0.3 is 0 Å². The molecule has 18 heavy (non-hydrogen) atoms. The number of rotatable bonds is 7. The molecule has 1 N–H and O–H groups in total. The minimum absolute atomic E-state index is 0.0905. The molecule has 6 heteroatoms. The van der Waals surface area contributed by atoms with Gasteiger partial charge in [-0.05, 0) is 27.2 Å². The van der Waals surface area contributed by atoms with Gasteiger partial charge in [0.2, 0.25) is 5.88 Å². The molecule has 0 aliphatic carbocycles. The van der Waals surface area contributed by atoms with Crippen LogP contribution in [0.3, 0.4) is 0 Å². The van der Waals surface area contributed by atoms with Gasteiger partial charge in [0.05, 0.1) is 6.10 Å². The molecule has 0 spiro atoms. The summed E-state index contributed by atoms with van der Waals surface area (Å²) in [5.74, 6) is 1.98. The molecule has 0 fully saturated rings. The minimum Gasteiger partial charge on any atom is -0.475 e. The lowest BCUT2D eigenvalue weighted by Crippen LogP contribution is -2.19. The maximum Gasteiger partial charge on any atom is 0.218 e. The molecule has 1 aromatic rings. The highest BCUT2D eigenvalue weighted by Gasteiger charge is 2.06. The Bertz CT molecular complexity index is 399. The van der Waals surface area contributed by atoms with Crippen molar-refractivity contribution in [3.05, 3.63) is 12.4 Å². The van der Waals surface area contributed by atoms with Gasteiger partial charge in [0, 0.05) is 34.9 Å². The molecule has 2 atom stereocenters. The zero-order valence-electron chi connectivity index (χ0n) is 11.3. The van der Waals surface area contributed by atoms with E-state index in [1.807, 2.05) is 20.8 Å². The van der Waals surface area contributed by atoms with Crippen LogP contribution in [0, 0.1) is 0 Å². The minimum atomic E-state index is -0.754. The van der Waals surface area contributed by atoms with Gasteiger partial charge < -0.3 is 10.1 Å². The second-order valence-corrected chi connectivity index (χ2v) is 6.07. The smallest absolute Gasteiger partial charge is 0.218 e. The van der Waals surface area contributed by atoms with Gasteiger partial charge in [-0.25, -0.2) is 9.97 Å². The zero-order chi connectivity index (χ0) is 13.5. The van der Waals surface area contributed by atoms with Gasteiger partial charge in [-0.3, -0.25) is 4.21 Å². The Morgan fingerprint density at radius 3 is 2.72 bits per heavy atom. The van der Waals surface area contributed by atoms with Crippen LogP contribution in [-0.2, 0) is 10.8 Å². The topological polar surface area (TPSA) is 64.1 Å². The Balaban J connectivity index is 2.53. The fourth-order valence-corrected chi connectivity index (χ4v) is 2.08. The normalized spacial score (nSPS) is 14.3. The monoisotopic (exact) mass is 271 g/mol. The molecule has 0 radical (unpaired) electrons. The van der Waals surface area contributed by atoms with Crippen molar-refractivity contribution in [2.75, 3.05) is 17.3 Å². The summed E-state index contributed by atoms with van der Waals surface area (Å²) in [5.41, 5.74) is 0. The van der Waals surface area contributed by atoms with E-state index in [0.717, 1.165) is 12.2 Å². The van der Waals surface area contributed by atoms with Crippen LogP contribution >= 0.6 is 0 Å². The molecule has 0 saturated carbocycles. The van der Waals surface area contributed by atoms with E-state index in [-0.39, 0.29) is 12.1 Å². The highest BCUT2D eigenvalue weighted by Crippen LogP contribution is 2.14. The van der Waals surface area contributed by atoms with Crippen molar-refractivity contribution in [3.63, 3.8) is 0 Å². The lowest BCUT2D eigenvalue weighted by atomic mass is 10.2. The second kappa shape index (κ2) is 7.31. The summed E-state index contributed by atoms with van der Waals surface area (Å²) in [4.78, 5) is 8.17. The van der Waals surface area contributed by atoms with E-state index in [0.29, 0.717) is 11.6 Å². The summed E-state index contributed by atoms with van der Waals surface area (Å²) in [6.07, 6.45) is 4.12. The highest BCUT2D eigenvalue weighted by atomic mass is 32.2. The van der Waals surface area contributed by atoms with Crippen LogP contribution in [0.5, 0.6) is 5.88 Å². The van der Waals surface area contributed by atoms with Crippen LogP contribution in [0.4, 0.5) is 5.82 Å². The summed E-state index contributed by atoms with van der Waals surface area (Å²) >= 11 is 0. The first-order chi connectivity index (χ1) is 8.47. The molecule has 1 heterocycles. The second-order valence-electron chi connectivity index (χ2n) is 4.52. The molecule has 1 aromatic heterocycles. The van der Waals surface area contributed by atoms with Gasteiger partial charge in [-0.2, -0.15) is 0 Å². The molecule has 2 unspecified atom stereocenters. The van der Waals surface area contributed by atoms with Crippen LogP contribution in [-0.4, -0.2) is 38.3 Å². The van der Waals surface area contributed by atoms with Crippen molar-refractivity contribution in [1.29, 1.82) is 0 Å². The van der Waals surface area contributed by atoms with Crippen molar-refractivity contribution in [2.45, 2.75) is 39.3 Å². The number of aromatic nitrogens is 2. The largest absolute Gasteiger partial charge is 0.475 e. The Morgan fingerprint density at radius 2 is 2.11 bits per heavy atom. The van der Waals surface area contributed by atoms with Gasteiger partial charge in [0.25, 0.3) is 0 Å². The van der Waals surface area contributed by atoms with Crippen LogP contribution < -0.4 is 10.1 Å². The molecular weight excluding hydrogens is 250 g/mol. The van der Waals surface area contributed by atoms with Gasteiger partial charge in [-0.1, -0.05) is 0 Å². The Kier molecular flexibility index (Phi) is 6.04. The highest BCUT2D eigenvalue weighted by molar-refractivity contribution is 7.84. The van der Waals surface area contributed by atoms with Crippen LogP contribution in [0.15, 0.2) is 12.4 Å². The Morgan fingerprint density at radius 1 is 1.39 bits per heavy atom. The number of hydrogen-bond donors (Lipinski definition) is 1. The maximum atomic E-state index is 11.0. The van der Waals surface area contributed by atoms with E-state index < -0.39 is 10.8 Å². The maximum absolute atomic E-state index is 11.0. The van der Waals surface area contributed by atoms with Crippen LogP contribution in [0.1, 0.15) is 27.2 Å². The number of ether oxygens (including phenoxy) is 1. The molecule has 0 aromatic carbocycles. The molecule has 5 nitrogen and oxygen atoms in total. The fourth-order valence-electron chi connectivity index (χ4n) is 1.39. The van der Waals surface area contributed by atoms with E-state index in [9.17, 15) is 4.21 Å². The third kappa shape index (κ3) is 5.95. The van der Waals surface area contributed by atoms with Crippen molar-refractivity contribution in [2.24, 2.45) is 0 Å². The summed E-state index contributed by atoms with van der Waals surface area (Å²) < 4.78 is 16.5. The van der Waals surface area contributed by atoms with Gasteiger partial charge in [0.1, 0.15) is 12.1 Å². The molecule has 0 amide bonds. The average molecular weight is 271 g/mol. The standard InChI is InChI=1S/C12H21N3O2S/c1-9(2)17-12-7-11(13-8-14-12)15-10(3)5-6-18(4)16/h7-10H,5-6H2,1-4H3,(H,13,14,15). The van der Waals surface area contributed by atoms with Crippen LogP contribution in [0.25, 0.3) is 0 Å². The summed E-state index contributed by atoms with van der Waals surface area (Å²) in [6, 6.07) is 2.00. The van der Waals surface area contributed by atoms with E-state index in [1.165, 1.54) is 6.33 Å². The van der Waals surface area contributed by atoms with E-state index >= 15 is 0 Å². The zero-order valence-corrected chi connectivity index (χ0v) is 12.2. The first-order valence-corrected chi connectivity index (χ1v) is 7.75. The van der Waals surface area contributed by atoms with Crippen molar-refractivity contribution in [1.82, 2.24) is 9.97 Å². The Labute approximate surface area is 111 Å². The quantitative estimate of drug-likeness (QED) is 0.819. The summed E-state index contributed by atoms with van der Waals surface area (Å²) in [6.45, 7) is 5.95. The average Bonchev–Trinajstić information content (AvgIpc) is 2.26. The van der Waals surface area contributed by atoms with E-state index in [4.69, 9.17) is 4.74 Å². The predicted octanol–water partition coefficient (Wildman–Crippen LogP) is 1.83. The van der Waals surface area contributed by atoms with Crippen molar-refractivity contribution < 1.29 is 8.95 Å². The number of anilines is 1. The fraction of sp³-hybridized carbons (Fsp3) is 0.667. The molecule has 0 aliphatic heterocycles. The first kappa shape index (κ1) is 14.9. The molecular formula is C12H21N3O2S. The molecule has 0 bridgehead atoms. The van der Waals surface area contributed by atoms with E-state index in [2.05, 4.69) is 15.3 Å². The molecule has 1 rings (SSSR count). The number of nitrogens with one attached hydrogen (secondary N) is 1. The lowest BCUT2D eigenvalue weighted by molar-refractivity contribution is 0.232. The van der Waals surface area contributed by atoms with Crippen molar-refractivity contribution in [3.8, 4) is 5.88 Å². The van der Waals surface area contributed by atoms with Crippen LogP contribution in [0.2, 0.25) is 0 Å². The molecule has 0 saturated heterocycles. The van der Waals surface area contributed by atoms with Gasteiger partial charge in [0.15, 0.2) is 0 Å². The summed E-state index contributed by atoms with van der Waals surface area (Å²) in [5, 5.41) is 3.25. The lowest BCUT2D eigenvalue weighted by Gasteiger charge is -2.14. The number of hydrogen-bond acceptors (Lipinski definition) is 5. The first-order valence-electron chi connectivity index (χ1n) is 6.02. The molecule has 0 aliphatic rings. The van der Waals surface area contributed by atoms with Gasteiger partial charge in [-0.15, -0.1) is 0 Å². The van der Waals surface area contributed by atoms with Crippen molar-refractivity contribution >= 4 is 16.6 Å². The SMILES string of the molecule is CC(CCS(C)=O)Nc1cc(OC(C)C)ncn1. The Hall–Kier alpha value is -1.17. The third-order valence-electron chi connectivity index (χ3n) is 2.23. The van der Waals surface area contributed by atoms with E-state index in [1.54, 1.807) is 12.3 Å². The number of nitrogens with zero attached hydrogens (tertiary/aromatic N) is 2. The third-order valence-corrected chi connectivity index (χ3v) is 3.04. The summed E-state index contributed by atoms with van der Waals surface area (Å²) in [7, 11) is -0.754. The molecule has 102 valence electrons.